The van der Waals surface area contributed by atoms with Crippen molar-refractivity contribution in [3.8, 4) is 11.4 Å². The number of hydrogen-bond acceptors (Lipinski definition) is 6. The van der Waals surface area contributed by atoms with Crippen molar-refractivity contribution in [3.05, 3.63) is 42.2 Å². The lowest BCUT2D eigenvalue weighted by Gasteiger charge is -2.26. The monoisotopic (exact) mass is 415 g/mol. The fourth-order valence-electron chi connectivity index (χ4n) is 4.45. The second-order valence-electron chi connectivity index (χ2n) is 9.56. The van der Waals surface area contributed by atoms with Crippen molar-refractivity contribution < 1.29 is 0 Å². The first-order valence-corrected chi connectivity index (χ1v) is 10.9. The van der Waals surface area contributed by atoms with E-state index < -0.39 is 0 Å². The minimum Gasteiger partial charge on any atom is -0.355 e. The quantitative estimate of drug-likeness (QED) is 0.548. The van der Waals surface area contributed by atoms with Gasteiger partial charge < -0.3 is 10.2 Å². The zero-order valence-electron chi connectivity index (χ0n) is 18.8. The van der Waals surface area contributed by atoms with E-state index in [2.05, 4.69) is 54.3 Å². The molecule has 4 aromatic rings. The average molecular weight is 416 g/mol. The van der Waals surface area contributed by atoms with Crippen molar-refractivity contribution >= 4 is 27.8 Å². The normalized spacial score (nSPS) is 17.2. The molecular weight excluding hydrogens is 386 g/mol. The van der Waals surface area contributed by atoms with Crippen molar-refractivity contribution in [1.29, 1.82) is 0 Å². The SMILES string of the molecule is Cc1nc(-c2ccc3nc(N4CCC(NC(C)(C)C)C4)ccc3n2)cc2cn(C)nc12. The summed E-state index contributed by atoms with van der Waals surface area (Å²) in [4.78, 5) is 16.8. The molecule has 1 atom stereocenters. The Morgan fingerprint density at radius 3 is 2.58 bits per heavy atom. The molecule has 0 aromatic carbocycles. The second-order valence-corrected chi connectivity index (χ2v) is 9.56. The van der Waals surface area contributed by atoms with Gasteiger partial charge in [-0.1, -0.05) is 0 Å². The van der Waals surface area contributed by atoms with Crippen LogP contribution in [0.5, 0.6) is 0 Å². The summed E-state index contributed by atoms with van der Waals surface area (Å²) in [6.07, 6.45) is 3.15. The molecule has 5 rings (SSSR count). The molecule has 0 aliphatic carbocycles. The van der Waals surface area contributed by atoms with Gasteiger partial charge in [-0.3, -0.25) is 4.68 Å². The molecule has 1 aliphatic rings. The lowest BCUT2D eigenvalue weighted by atomic mass is 10.1. The zero-order chi connectivity index (χ0) is 21.8. The Labute approximate surface area is 182 Å². The Hall–Kier alpha value is -3.06. The van der Waals surface area contributed by atoms with E-state index in [4.69, 9.17) is 15.0 Å². The van der Waals surface area contributed by atoms with Crippen LogP contribution in [0.2, 0.25) is 0 Å². The Bertz CT molecular complexity index is 1270. The van der Waals surface area contributed by atoms with Gasteiger partial charge in [-0.15, -0.1) is 0 Å². The molecule has 0 saturated carbocycles. The lowest BCUT2D eigenvalue weighted by molar-refractivity contribution is 0.373. The van der Waals surface area contributed by atoms with E-state index in [9.17, 15) is 0 Å². The number of rotatable bonds is 3. The molecule has 31 heavy (non-hydrogen) atoms. The summed E-state index contributed by atoms with van der Waals surface area (Å²) in [7, 11) is 1.93. The van der Waals surface area contributed by atoms with Crippen LogP contribution in [0.1, 0.15) is 32.9 Å². The van der Waals surface area contributed by atoms with E-state index in [0.29, 0.717) is 6.04 Å². The van der Waals surface area contributed by atoms with Crippen molar-refractivity contribution in [2.45, 2.75) is 45.7 Å². The highest BCUT2D eigenvalue weighted by molar-refractivity contribution is 5.85. The van der Waals surface area contributed by atoms with Crippen molar-refractivity contribution in [2.24, 2.45) is 7.05 Å². The third kappa shape index (κ3) is 3.97. The highest BCUT2D eigenvalue weighted by atomic mass is 15.3. The molecule has 1 N–H and O–H groups in total. The Balaban J connectivity index is 1.42. The van der Waals surface area contributed by atoms with Crippen molar-refractivity contribution in [2.75, 3.05) is 18.0 Å². The fourth-order valence-corrected chi connectivity index (χ4v) is 4.45. The van der Waals surface area contributed by atoms with Crippen LogP contribution in [-0.4, -0.2) is 49.4 Å². The number of hydrogen-bond donors (Lipinski definition) is 1. The van der Waals surface area contributed by atoms with Gasteiger partial charge in [0.05, 0.1) is 28.1 Å². The van der Waals surface area contributed by atoms with Gasteiger partial charge in [-0.05, 0) is 64.4 Å². The van der Waals surface area contributed by atoms with Crippen LogP contribution in [0.25, 0.3) is 33.3 Å². The van der Waals surface area contributed by atoms with Crippen LogP contribution >= 0.6 is 0 Å². The minimum absolute atomic E-state index is 0.128. The number of anilines is 1. The highest BCUT2D eigenvalue weighted by Gasteiger charge is 2.26. The average Bonchev–Trinajstić information content (AvgIpc) is 3.32. The van der Waals surface area contributed by atoms with Gasteiger partial charge in [-0.25, -0.2) is 15.0 Å². The van der Waals surface area contributed by atoms with Gasteiger partial charge >= 0.3 is 0 Å². The molecule has 4 aromatic heterocycles. The third-order valence-electron chi connectivity index (χ3n) is 5.72. The largest absolute Gasteiger partial charge is 0.355 e. The maximum absolute atomic E-state index is 4.90. The van der Waals surface area contributed by atoms with E-state index in [-0.39, 0.29) is 5.54 Å². The van der Waals surface area contributed by atoms with Crippen LogP contribution in [0.15, 0.2) is 36.5 Å². The van der Waals surface area contributed by atoms with Crippen molar-refractivity contribution in [1.82, 2.24) is 30.0 Å². The van der Waals surface area contributed by atoms with Crippen LogP contribution < -0.4 is 10.2 Å². The lowest BCUT2D eigenvalue weighted by Crippen LogP contribution is -2.44. The van der Waals surface area contributed by atoms with Gasteiger partial charge in [0.25, 0.3) is 0 Å². The second kappa shape index (κ2) is 7.27. The number of aryl methyl sites for hydroxylation is 2. The van der Waals surface area contributed by atoms with E-state index in [1.54, 1.807) is 0 Å². The molecule has 5 heterocycles. The Kier molecular flexibility index (Phi) is 4.66. The van der Waals surface area contributed by atoms with Gasteiger partial charge in [0.15, 0.2) is 0 Å². The minimum atomic E-state index is 0.128. The van der Waals surface area contributed by atoms with Crippen molar-refractivity contribution in [3.63, 3.8) is 0 Å². The molecule has 1 aliphatic heterocycles. The standard InChI is InChI=1S/C24H29N7/c1-15-23-16(13-30(5)29-23)12-21(25-15)20-7-6-19-18(26-20)8-9-22(27-19)31-11-10-17(14-31)28-24(2,3)4/h6-9,12-13,17,28H,10-11,14H2,1-5H3. The number of pyridine rings is 3. The summed E-state index contributed by atoms with van der Waals surface area (Å²) < 4.78 is 1.82. The summed E-state index contributed by atoms with van der Waals surface area (Å²) in [5, 5.41) is 9.27. The fraction of sp³-hybridized carbons (Fsp3) is 0.417. The van der Waals surface area contributed by atoms with E-state index in [0.717, 1.165) is 64.3 Å². The predicted octanol–water partition coefficient (Wildman–Crippen LogP) is 3.85. The molecule has 1 fully saturated rings. The van der Waals surface area contributed by atoms with E-state index in [1.165, 1.54) is 0 Å². The number of nitrogens with one attached hydrogen (secondary N) is 1. The first kappa shape index (κ1) is 19.9. The third-order valence-corrected chi connectivity index (χ3v) is 5.72. The van der Waals surface area contributed by atoms with Gasteiger partial charge in [0.1, 0.15) is 11.3 Å². The predicted molar refractivity (Wildman–Crippen MR) is 125 cm³/mol. The van der Waals surface area contributed by atoms with Gasteiger partial charge in [-0.2, -0.15) is 5.10 Å². The molecule has 1 saturated heterocycles. The molecule has 1 unspecified atom stereocenters. The number of fused-ring (bicyclic) bond motifs is 2. The summed E-state index contributed by atoms with van der Waals surface area (Å²) >= 11 is 0. The highest BCUT2D eigenvalue weighted by Crippen LogP contribution is 2.26. The number of nitrogens with zero attached hydrogens (tertiary/aromatic N) is 6. The summed E-state index contributed by atoms with van der Waals surface area (Å²) in [5.41, 5.74) is 5.48. The Morgan fingerprint density at radius 1 is 1.00 bits per heavy atom. The summed E-state index contributed by atoms with van der Waals surface area (Å²) in [6, 6.07) is 10.8. The Morgan fingerprint density at radius 2 is 1.77 bits per heavy atom. The molecule has 7 nitrogen and oxygen atoms in total. The van der Waals surface area contributed by atoms with Crippen LogP contribution in [0, 0.1) is 6.92 Å². The smallest absolute Gasteiger partial charge is 0.129 e. The molecule has 0 spiro atoms. The molecule has 160 valence electrons. The molecule has 0 radical (unpaired) electrons. The molecule has 7 heteroatoms. The van der Waals surface area contributed by atoms with Gasteiger partial charge in [0.2, 0.25) is 0 Å². The maximum atomic E-state index is 4.90. The summed E-state index contributed by atoms with van der Waals surface area (Å²) in [6.45, 7) is 10.6. The van der Waals surface area contributed by atoms with Crippen LogP contribution in [0.4, 0.5) is 5.82 Å². The van der Waals surface area contributed by atoms with E-state index in [1.807, 2.05) is 37.0 Å². The molecular formula is C24H29N7. The number of aromatic nitrogens is 5. The molecule has 0 amide bonds. The van der Waals surface area contributed by atoms with Crippen LogP contribution in [0.3, 0.4) is 0 Å². The first-order valence-electron chi connectivity index (χ1n) is 10.9. The zero-order valence-corrected chi connectivity index (χ0v) is 18.8. The maximum Gasteiger partial charge on any atom is 0.129 e. The van der Waals surface area contributed by atoms with Crippen LogP contribution in [-0.2, 0) is 7.05 Å². The molecule has 0 bridgehead atoms. The topological polar surface area (TPSA) is 71.8 Å². The van der Waals surface area contributed by atoms with E-state index >= 15 is 0 Å². The summed E-state index contributed by atoms with van der Waals surface area (Å²) in [5.74, 6) is 1.02. The van der Waals surface area contributed by atoms with Gasteiger partial charge in [0, 0.05) is 43.3 Å². The first-order chi connectivity index (χ1) is 14.7.